The van der Waals surface area contributed by atoms with Crippen LogP contribution in [0.5, 0.6) is 0 Å². The molecule has 0 spiro atoms. The van der Waals surface area contributed by atoms with Crippen molar-refractivity contribution in [2.75, 3.05) is 0 Å². The smallest absolute Gasteiger partial charge is 0.145 e. The molecule has 0 atom stereocenters. The van der Waals surface area contributed by atoms with Gasteiger partial charge in [-0.05, 0) is 26.7 Å². The quantitative estimate of drug-likeness (QED) is 0.714. The van der Waals surface area contributed by atoms with Crippen molar-refractivity contribution in [3.05, 3.63) is 17.0 Å². The van der Waals surface area contributed by atoms with Crippen LogP contribution in [-0.4, -0.2) is 5.16 Å². The first-order valence-corrected chi connectivity index (χ1v) is 4.98. The summed E-state index contributed by atoms with van der Waals surface area (Å²) in [6.07, 6.45) is 2.19. The van der Waals surface area contributed by atoms with Crippen LogP contribution in [0.15, 0.2) is 4.52 Å². The highest BCUT2D eigenvalue weighted by molar-refractivity contribution is 5.26. The van der Waals surface area contributed by atoms with Crippen molar-refractivity contribution < 1.29 is 4.52 Å². The highest BCUT2D eigenvalue weighted by Gasteiger charge is 2.29. The molecule has 0 aliphatic heterocycles. The summed E-state index contributed by atoms with van der Waals surface area (Å²) in [5, 5.41) is 4.00. The van der Waals surface area contributed by atoms with Crippen LogP contribution in [0.1, 0.15) is 50.6 Å². The zero-order valence-electron chi connectivity index (χ0n) is 9.27. The van der Waals surface area contributed by atoms with Gasteiger partial charge in [-0.15, -0.1) is 0 Å². The predicted molar refractivity (Wildman–Crippen MR) is 53.9 cm³/mol. The topological polar surface area (TPSA) is 26.0 Å². The highest BCUT2D eigenvalue weighted by atomic mass is 16.5. The second kappa shape index (κ2) is 3.52. The van der Waals surface area contributed by atoms with E-state index in [-0.39, 0.29) is 5.41 Å². The van der Waals surface area contributed by atoms with Gasteiger partial charge in [0.05, 0.1) is 5.69 Å². The van der Waals surface area contributed by atoms with Crippen molar-refractivity contribution in [3.63, 3.8) is 0 Å². The van der Waals surface area contributed by atoms with Crippen LogP contribution in [0.25, 0.3) is 0 Å². The minimum Gasteiger partial charge on any atom is -0.360 e. The predicted octanol–water partition coefficient (Wildman–Crippen LogP) is 3.37. The summed E-state index contributed by atoms with van der Waals surface area (Å²) >= 11 is 0. The van der Waals surface area contributed by atoms with Gasteiger partial charge in [0.2, 0.25) is 0 Å². The fraction of sp³-hybridized carbons (Fsp3) is 0.727. The standard InChI is InChI=1S/C11H19NO/c1-6-11(5,7-2)10-8(3)9(4)12-13-10/h6-7H2,1-5H3. The lowest BCUT2D eigenvalue weighted by molar-refractivity contribution is 0.286. The third-order valence-electron chi connectivity index (χ3n) is 3.27. The Morgan fingerprint density at radius 1 is 1.23 bits per heavy atom. The van der Waals surface area contributed by atoms with E-state index in [4.69, 9.17) is 4.52 Å². The van der Waals surface area contributed by atoms with Gasteiger partial charge >= 0.3 is 0 Å². The molecule has 0 bridgehead atoms. The molecule has 0 fully saturated rings. The summed E-state index contributed by atoms with van der Waals surface area (Å²) in [6.45, 7) is 10.7. The van der Waals surface area contributed by atoms with Crippen molar-refractivity contribution in [1.82, 2.24) is 5.16 Å². The molecule has 0 saturated heterocycles. The van der Waals surface area contributed by atoms with E-state index in [0.717, 1.165) is 24.3 Å². The van der Waals surface area contributed by atoms with E-state index in [1.165, 1.54) is 5.56 Å². The molecule has 1 rings (SSSR count). The first kappa shape index (κ1) is 10.3. The molecule has 2 heteroatoms. The Balaban J connectivity index is 3.12. The van der Waals surface area contributed by atoms with E-state index in [0.29, 0.717) is 0 Å². The molecular formula is C11H19NO. The fourth-order valence-electron chi connectivity index (χ4n) is 1.55. The Morgan fingerprint density at radius 3 is 2.08 bits per heavy atom. The van der Waals surface area contributed by atoms with E-state index < -0.39 is 0 Å². The molecule has 74 valence electrons. The van der Waals surface area contributed by atoms with Gasteiger partial charge in [-0.2, -0.15) is 0 Å². The second-order valence-corrected chi connectivity index (χ2v) is 3.99. The molecule has 2 nitrogen and oxygen atoms in total. The van der Waals surface area contributed by atoms with E-state index >= 15 is 0 Å². The van der Waals surface area contributed by atoms with Gasteiger partial charge in [0.15, 0.2) is 0 Å². The Bertz CT molecular complexity index is 284. The minimum atomic E-state index is 0.158. The molecule has 0 N–H and O–H groups in total. The van der Waals surface area contributed by atoms with Crippen molar-refractivity contribution in [2.45, 2.75) is 52.9 Å². The van der Waals surface area contributed by atoms with Gasteiger partial charge in [0.25, 0.3) is 0 Å². The average molecular weight is 181 g/mol. The lowest BCUT2D eigenvalue weighted by Gasteiger charge is -2.23. The minimum absolute atomic E-state index is 0.158. The number of hydrogen-bond donors (Lipinski definition) is 0. The monoisotopic (exact) mass is 181 g/mol. The molecule has 13 heavy (non-hydrogen) atoms. The molecule has 0 aliphatic carbocycles. The number of hydrogen-bond acceptors (Lipinski definition) is 2. The van der Waals surface area contributed by atoms with Crippen LogP contribution in [0.2, 0.25) is 0 Å². The number of rotatable bonds is 3. The Hall–Kier alpha value is -0.790. The van der Waals surface area contributed by atoms with Crippen molar-refractivity contribution in [2.24, 2.45) is 0 Å². The van der Waals surface area contributed by atoms with E-state index in [2.05, 4.69) is 32.9 Å². The van der Waals surface area contributed by atoms with Crippen LogP contribution < -0.4 is 0 Å². The summed E-state index contributed by atoms with van der Waals surface area (Å²) in [6, 6.07) is 0. The van der Waals surface area contributed by atoms with E-state index in [9.17, 15) is 0 Å². The average Bonchev–Trinajstić information content (AvgIpc) is 2.47. The van der Waals surface area contributed by atoms with Gasteiger partial charge in [0, 0.05) is 11.0 Å². The summed E-state index contributed by atoms with van der Waals surface area (Å²) in [5.41, 5.74) is 2.39. The normalized spacial score (nSPS) is 12.1. The van der Waals surface area contributed by atoms with Crippen LogP contribution in [-0.2, 0) is 5.41 Å². The second-order valence-electron chi connectivity index (χ2n) is 3.99. The van der Waals surface area contributed by atoms with Crippen molar-refractivity contribution in [3.8, 4) is 0 Å². The number of aromatic nitrogens is 1. The van der Waals surface area contributed by atoms with Gasteiger partial charge in [-0.3, -0.25) is 0 Å². The zero-order valence-corrected chi connectivity index (χ0v) is 9.27. The summed E-state index contributed by atoms with van der Waals surface area (Å²) in [5.74, 6) is 1.06. The highest BCUT2D eigenvalue weighted by Crippen LogP contribution is 2.33. The molecule has 0 amide bonds. The first-order chi connectivity index (χ1) is 6.05. The fourth-order valence-corrected chi connectivity index (χ4v) is 1.55. The maximum Gasteiger partial charge on any atom is 0.145 e. The lowest BCUT2D eigenvalue weighted by atomic mass is 9.80. The summed E-state index contributed by atoms with van der Waals surface area (Å²) < 4.78 is 5.39. The molecule has 0 unspecified atom stereocenters. The van der Waals surface area contributed by atoms with Gasteiger partial charge < -0.3 is 4.52 Å². The van der Waals surface area contributed by atoms with Crippen molar-refractivity contribution >= 4 is 0 Å². The number of aryl methyl sites for hydroxylation is 1. The lowest BCUT2D eigenvalue weighted by Crippen LogP contribution is -2.19. The zero-order chi connectivity index (χ0) is 10.1. The molecule has 0 aromatic carbocycles. The van der Waals surface area contributed by atoms with Gasteiger partial charge in [0.1, 0.15) is 5.76 Å². The number of nitrogens with zero attached hydrogens (tertiary/aromatic N) is 1. The molecule has 1 aromatic rings. The van der Waals surface area contributed by atoms with Crippen LogP contribution in [0.4, 0.5) is 0 Å². The molecule has 0 saturated carbocycles. The van der Waals surface area contributed by atoms with Crippen LogP contribution >= 0.6 is 0 Å². The third-order valence-corrected chi connectivity index (χ3v) is 3.27. The SMILES string of the molecule is CCC(C)(CC)c1onc(C)c1C. The largest absolute Gasteiger partial charge is 0.360 e. The maximum absolute atomic E-state index is 5.39. The molecule has 0 radical (unpaired) electrons. The van der Waals surface area contributed by atoms with Gasteiger partial charge in [-0.25, -0.2) is 0 Å². The van der Waals surface area contributed by atoms with E-state index in [1.54, 1.807) is 0 Å². The maximum atomic E-state index is 5.39. The molecular weight excluding hydrogens is 162 g/mol. The third kappa shape index (κ3) is 1.62. The Morgan fingerprint density at radius 2 is 1.77 bits per heavy atom. The van der Waals surface area contributed by atoms with Crippen molar-refractivity contribution in [1.29, 1.82) is 0 Å². The molecule has 0 aliphatic rings. The van der Waals surface area contributed by atoms with Gasteiger partial charge in [-0.1, -0.05) is 25.9 Å². The van der Waals surface area contributed by atoms with E-state index in [1.807, 2.05) is 6.92 Å². The Kier molecular flexibility index (Phi) is 2.79. The molecule has 1 aromatic heterocycles. The van der Waals surface area contributed by atoms with Crippen LogP contribution in [0.3, 0.4) is 0 Å². The first-order valence-electron chi connectivity index (χ1n) is 4.98. The Labute approximate surface area is 80.3 Å². The molecule has 1 heterocycles. The summed E-state index contributed by atoms with van der Waals surface area (Å²) in [7, 11) is 0. The summed E-state index contributed by atoms with van der Waals surface area (Å²) in [4.78, 5) is 0. The van der Waals surface area contributed by atoms with Crippen LogP contribution in [0, 0.1) is 13.8 Å².